The fourth-order valence-corrected chi connectivity index (χ4v) is 5.86. The maximum Gasteiger partial charge on any atom is 0.245 e. The van der Waals surface area contributed by atoms with E-state index in [0.717, 1.165) is 17.9 Å². The summed E-state index contributed by atoms with van der Waals surface area (Å²) >= 11 is 0. The van der Waals surface area contributed by atoms with Gasteiger partial charge < -0.3 is 24.6 Å². The largest absolute Gasteiger partial charge is 0.379 e. The van der Waals surface area contributed by atoms with E-state index >= 15 is 0 Å². The Hall–Kier alpha value is -2.28. The molecular weight excluding hydrogens is 540 g/mol. The summed E-state index contributed by atoms with van der Waals surface area (Å²) in [5.74, 6) is 4.21. The van der Waals surface area contributed by atoms with E-state index in [1.165, 1.54) is 7.05 Å². The Bertz CT molecular complexity index is 900. The summed E-state index contributed by atoms with van der Waals surface area (Å²) in [6.07, 6.45) is 1.24. The van der Waals surface area contributed by atoms with Crippen molar-refractivity contribution >= 4 is 23.6 Å². The number of ether oxygens (including phenoxy) is 2. The van der Waals surface area contributed by atoms with E-state index in [2.05, 4.69) is 5.32 Å². The van der Waals surface area contributed by atoms with Crippen LogP contribution in [0.4, 0.5) is 0 Å². The van der Waals surface area contributed by atoms with Gasteiger partial charge in [-0.15, -0.1) is 0 Å². The zero-order valence-corrected chi connectivity index (χ0v) is 28.0. The summed E-state index contributed by atoms with van der Waals surface area (Å²) in [7, 11) is 9.96. The van der Waals surface area contributed by atoms with Gasteiger partial charge in [-0.3, -0.25) is 29.1 Å². The number of likely N-dealkylation sites (N-methyl/N-ethyl adjacent to an activating group) is 2. The highest BCUT2D eigenvalue weighted by Crippen LogP contribution is 2.29. The van der Waals surface area contributed by atoms with E-state index < -0.39 is 36.3 Å². The van der Waals surface area contributed by atoms with Gasteiger partial charge >= 0.3 is 0 Å². The lowest BCUT2D eigenvalue weighted by Gasteiger charge is -2.41. The summed E-state index contributed by atoms with van der Waals surface area (Å²) in [6, 6.07) is -1.81. The topological polar surface area (TPSA) is 138 Å². The Labute approximate surface area is 253 Å². The van der Waals surface area contributed by atoms with Crippen LogP contribution < -0.4 is 11.2 Å². The highest BCUT2D eigenvalue weighted by molar-refractivity contribution is 5.90. The van der Waals surface area contributed by atoms with Crippen LogP contribution in [0.1, 0.15) is 67.2 Å². The molecule has 1 saturated heterocycles. The first kappa shape index (κ1) is 37.7. The molecule has 0 radical (unpaired) electrons. The average Bonchev–Trinajstić information content (AvgIpc) is 3.43. The summed E-state index contributed by atoms with van der Waals surface area (Å²) < 4.78 is 11.7. The molecule has 0 saturated carbocycles. The highest BCUT2D eigenvalue weighted by Gasteiger charge is 2.43. The Morgan fingerprint density at radius 1 is 0.976 bits per heavy atom. The van der Waals surface area contributed by atoms with Gasteiger partial charge in [-0.05, 0) is 45.7 Å². The van der Waals surface area contributed by atoms with Crippen LogP contribution in [0.15, 0.2) is 0 Å². The second kappa shape index (κ2) is 17.1. The van der Waals surface area contributed by atoms with Gasteiger partial charge in [0.15, 0.2) is 0 Å². The van der Waals surface area contributed by atoms with Crippen LogP contribution in [0.5, 0.6) is 0 Å². The van der Waals surface area contributed by atoms with Crippen LogP contribution >= 0.6 is 0 Å². The summed E-state index contributed by atoms with van der Waals surface area (Å²) in [4.78, 5) is 58.4. The van der Waals surface area contributed by atoms with E-state index in [0.29, 0.717) is 13.0 Å². The zero-order chi connectivity index (χ0) is 32.5. The van der Waals surface area contributed by atoms with Crippen LogP contribution in [0.2, 0.25) is 0 Å². The van der Waals surface area contributed by atoms with Gasteiger partial charge in [0.25, 0.3) is 0 Å². The summed E-state index contributed by atoms with van der Waals surface area (Å²) in [5, 5.41) is 4.00. The molecule has 8 atom stereocenters. The molecule has 3 N–H and O–H groups in total. The zero-order valence-electron chi connectivity index (χ0n) is 28.0. The molecule has 0 aliphatic carbocycles. The number of carbonyl (C=O) groups is 4. The van der Waals surface area contributed by atoms with Crippen molar-refractivity contribution in [2.45, 2.75) is 104 Å². The molecule has 1 aliphatic heterocycles. The number of methoxy groups -OCH3 is 2. The van der Waals surface area contributed by atoms with Crippen molar-refractivity contribution < 1.29 is 28.7 Å². The molecule has 0 aromatic rings. The molecule has 12 nitrogen and oxygen atoms in total. The van der Waals surface area contributed by atoms with Gasteiger partial charge in [0.1, 0.15) is 6.04 Å². The molecule has 0 bridgehead atoms. The second-order valence-electron chi connectivity index (χ2n) is 12.4. The lowest BCUT2D eigenvalue weighted by atomic mass is 9.89. The van der Waals surface area contributed by atoms with Gasteiger partial charge in [-0.1, -0.05) is 41.0 Å². The molecule has 1 rings (SSSR count). The van der Waals surface area contributed by atoms with E-state index in [-0.39, 0.29) is 47.9 Å². The number of rotatable bonds is 16. The molecule has 42 heavy (non-hydrogen) atoms. The molecule has 0 aromatic carbocycles. The van der Waals surface area contributed by atoms with Crippen LogP contribution in [-0.4, -0.2) is 129 Å². The number of nitrogens with two attached hydrogens (primary N) is 1. The van der Waals surface area contributed by atoms with Crippen molar-refractivity contribution in [1.29, 1.82) is 0 Å². The SMILES string of the molecule is CC[C@H](C)[C@@H]([C@@H](CC(=O)N1CCC[C@H]1[C@H](OC)[C@@H](C)C(=O)N(C)N)OC)N(C)C(=O)[C@@H](NC(=O)[C@@H](C)N(C)C)C(C)C. The monoisotopic (exact) mass is 598 g/mol. The molecule has 1 heterocycles. The second-order valence-corrected chi connectivity index (χ2v) is 12.4. The van der Waals surface area contributed by atoms with Gasteiger partial charge in [0.2, 0.25) is 23.6 Å². The predicted molar refractivity (Wildman–Crippen MR) is 163 cm³/mol. The van der Waals surface area contributed by atoms with Crippen molar-refractivity contribution in [3.05, 3.63) is 0 Å². The van der Waals surface area contributed by atoms with Crippen LogP contribution in [0, 0.1) is 17.8 Å². The predicted octanol–water partition coefficient (Wildman–Crippen LogP) is 1.33. The Morgan fingerprint density at radius 2 is 1.57 bits per heavy atom. The van der Waals surface area contributed by atoms with Crippen molar-refractivity contribution in [3.8, 4) is 0 Å². The van der Waals surface area contributed by atoms with Crippen molar-refractivity contribution in [2.24, 2.45) is 23.6 Å². The lowest BCUT2D eigenvalue weighted by Crippen LogP contribution is -2.59. The number of hydrogen-bond acceptors (Lipinski definition) is 8. The fourth-order valence-electron chi connectivity index (χ4n) is 5.86. The van der Waals surface area contributed by atoms with Gasteiger partial charge in [-0.25, -0.2) is 5.84 Å². The number of nitrogens with one attached hydrogen (secondary N) is 1. The summed E-state index contributed by atoms with van der Waals surface area (Å²) in [5.41, 5.74) is 0. The Kier molecular flexibility index (Phi) is 15.4. The van der Waals surface area contributed by atoms with Crippen molar-refractivity contribution in [1.82, 2.24) is 25.0 Å². The normalized spacial score (nSPS) is 20.5. The molecule has 0 spiro atoms. The van der Waals surface area contributed by atoms with E-state index in [4.69, 9.17) is 15.3 Å². The summed E-state index contributed by atoms with van der Waals surface area (Å²) in [6.45, 7) is 12.0. The minimum Gasteiger partial charge on any atom is -0.379 e. The van der Waals surface area contributed by atoms with Crippen LogP contribution in [-0.2, 0) is 28.7 Å². The number of nitrogens with zero attached hydrogens (tertiary/aromatic N) is 4. The van der Waals surface area contributed by atoms with Crippen molar-refractivity contribution in [2.75, 3.05) is 49.0 Å². The smallest absolute Gasteiger partial charge is 0.245 e. The molecule has 4 amide bonds. The number of amides is 4. The molecule has 1 aliphatic rings. The maximum absolute atomic E-state index is 13.9. The number of carbonyl (C=O) groups excluding carboxylic acids is 4. The first-order chi connectivity index (χ1) is 19.5. The standard InChI is InChI=1S/C30H58N6O6/c1-13-19(4)26(34(9)30(40)25(18(2)3)32-28(38)21(6)33(7)8)23(41-11)17-24(37)36-16-14-15-22(36)27(42-12)20(5)29(39)35(10)31/h18-23,25-27H,13-17,31H2,1-12H3,(H,32,38)/t19-,20+,21+,22-,23+,25-,26-,27+/m0/s1. The molecule has 0 aromatic heterocycles. The third-order valence-corrected chi connectivity index (χ3v) is 8.97. The first-order valence-electron chi connectivity index (χ1n) is 15.2. The first-order valence-corrected chi connectivity index (χ1v) is 15.2. The minimum atomic E-state index is -0.727. The molecule has 12 heteroatoms. The van der Waals surface area contributed by atoms with Crippen LogP contribution in [0.3, 0.4) is 0 Å². The number of hydrazine groups is 1. The highest BCUT2D eigenvalue weighted by atomic mass is 16.5. The fraction of sp³-hybridized carbons (Fsp3) is 0.867. The molecular formula is C30H58N6O6. The van der Waals surface area contributed by atoms with Gasteiger partial charge in [-0.2, -0.15) is 0 Å². The third-order valence-electron chi connectivity index (χ3n) is 8.97. The van der Waals surface area contributed by atoms with Gasteiger partial charge in [0, 0.05) is 34.9 Å². The Morgan fingerprint density at radius 3 is 2.02 bits per heavy atom. The molecule has 244 valence electrons. The molecule has 1 fully saturated rings. The maximum atomic E-state index is 13.9. The van der Waals surface area contributed by atoms with E-state index in [9.17, 15) is 19.2 Å². The average molecular weight is 599 g/mol. The van der Waals surface area contributed by atoms with E-state index in [1.54, 1.807) is 49.8 Å². The quantitative estimate of drug-likeness (QED) is 0.154. The lowest BCUT2D eigenvalue weighted by molar-refractivity contribution is -0.149. The number of likely N-dealkylation sites (tertiary alicyclic amines) is 1. The number of hydrogen-bond donors (Lipinski definition) is 2. The Balaban J connectivity index is 3.24. The van der Waals surface area contributed by atoms with Crippen LogP contribution in [0.25, 0.3) is 0 Å². The molecule has 0 unspecified atom stereocenters. The van der Waals surface area contributed by atoms with E-state index in [1.807, 2.05) is 41.8 Å². The third kappa shape index (κ3) is 9.36. The van der Waals surface area contributed by atoms with Crippen molar-refractivity contribution in [3.63, 3.8) is 0 Å². The van der Waals surface area contributed by atoms with Gasteiger partial charge in [0.05, 0.1) is 42.7 Å². The minimum absolute atomic E-state index is 0.0137.